The van der Waals surface area contributed by atoms with Gasteiger partial charge in [0.25, 0.3) is 5.91 Å². The summed E-state index contributed by atoms with van der Waals surface area (Å²) in [5.41, 5.74) is 0.480. The van der Waals surface area contributed by atoms with Crippen LogP contribution in [0.2, 0.25) is 10.0 Å². The summed E-state index contributed by atoms with van der Waals surface area (Å²) in [5, 5.41) is -0.183. The molecule has 0 bridgehead atoms. The van der Waals surface area contributed by atoms with Gasteiger partial charge in [-0.05, 0) is 51.0 Å². The van der Waals surface area contributed by atoms with Crippen LogP contribution >= 0.6 is 23.2 Å². The van der Waals surface area contributed by atoms with Crippen molar-refractivity contribution in [2.45, 2.75) is 43.7 Å². The van der Waals surface area contributed by atoms with Gasteiger partial charge in [-0.1, -0.05) is 41.4 Å². The number of halogens is 2. The molecule has 1 aliphatic carbocycles. The van der Waals surface area contributed by atoms with E-state index in [2.05, 4.69) is 4.72 Å². The van der Waals surface area contributed by atoms with Crippen molar-refractivity contribution in [3.63, 3.8) is 0 Å². The van der Waals surface area contributed by atoms with Crippen LogP contribution in [0.15, 0.2) is 47.4 Å². The topological polar surface area (TPSA) is 92.8 Å². The quantitative estimate of drug-likeness (QED) is 0.570. The second kappa shape index (κ2) is 9.56. The smallest absolute Gasteiger partial charge is 0.340 e. The molecule has 166 valence electrons. The van der Waals surface area contributed by atoms with Crippen molar-refractivity contribution in [3.05, 3.63) is 58.1 Å². The standard InChI is InChI=1S/C21H22Cl2N2O5S/c1-13(2)25(15-6-4-3-5-7-15)20(26)12-30-21(27)16-10-19(18(23)11-17(16)22)31(28,29)24-14-8-9-14/h3-7,10-11,13-14,24H,8-9,12H2,1-2H3. The lowest BCUT2D eigenvalue weighted by atomic mass is 10.2. The molecule has 2 aromatic rings. The van der Waals surface area contributed by atoms with Crippen LogP contribution < -0.4 is 9.62 Å². The Kier molecular flexibility index (Phi) is 7.26. The van der Waals surface area contributed by atoms with Crippen molar-refractivity contribution in [3.8, 4) is 0 Å². The average Bonchev–Trinajstić information content (AvgIpc) is 3.50. The van der Waals surface area contributed by atoms with Gasteiger partial charge in [0.05, 0.1) is 15.6 Å². The molecule has 0 aromatic heterocycles. The van der Waals surface area contributed by atoms with Gasteiger partial charge >= 0.3 is 5.97 Å². The van der Waals surface area contributed by atoms with Crippen molar-refractivity contribution in [2.75, 3.05) is 11.5 Å². The van der Waals surface area contributed by atoms with Crippen LogP contribution in [0.5, 0.6) is 0 Å². The number of sulfonamides is 1. The molecule has 0 spiro atoms. The number of rotatable bonds is 8. The normalized spacial score (nSPS) is 13.8. The van der Waals surface area contributed by atoms with E-state index in [1.807, 2.05) is 19.9 Å². The number of carbonyl (C=O) groups excluding carboxylic acids is 2. The molecule has 31 heavy (non-hydrogen) atoms. The second-order valence-electron chi connectivity index (χ2n) is 7.43. The zero-order valence-corrected chi connectivity index (χ0v) is 19.3. The molecule has 0 heterocycles. The Morgan fingerprint density at radius 3 is 2.35 bits per heavy atom. The minimum Gasteiger partial charge on any atom is -0.452 e. The number of carbonyl (C=O) groups is 2. The van der Waals surface area contributed by atoms with Gasteiger partial charge in [-0.15, -0.1) is 0 Å². The van der Waals surface area contributed by atoms with Gasteiger partial charge in [0.2, 0.25) is 10.0 Å². The van der Waals surface area contributed by atoms with Gasteiger partial charge in [-0.25, -0.2) is 17.9 Å². The van der Waals surface area contributed by atoms with Crippen molar-refractivity contribution in [1.29, 1.82) is 0 Å². The third kappa shape index (κ3) is 5.77. The molecule has 1 aliphatic rings. The van der Waals surface area contributed by atoms with Gasteiger partial charge < -0.3 is 9.64 Å². The fourth-order valence-corrected chi connectivity index (χ4v) is 5.12. The zero-order valence-electron chi connectivity index (χ0n) is 17.0. The molecule has 7 nitrogen and oxygen atoms in total. The number of para-hydroxylation sites is 1. The molecule has 0 atom stereocenters. The van der Waals surface area contributed by atoms with E-state index in [1.165, 1.54) is 11.0 Å². The van der Waals surface area contributed by atoms with Crippen molar-refractivity contribution < 1.29 is 22.7 Å². The maximum atomic E-state index is 12.7. The lowest BCUT2D eigenvalue weighted by Crippen LogP contribution is -2.39. The van der Waals surface area contributed by atoms with E-state index in [0.717, 1.165) is 18.9 Å². The van der Waals surface area contributed by atoms with Gasteiger partial charge in [0.15, 0.2) is 6.61 Å². The van der Waals surface area contributed by atoms with E-state index in [1.54, 1.807) is 24.3 Å². The molecule has 3 rings (SSSR count). The lowest BCUT2D eigenvalue weighted by Gasteiger charge is -2.26. The first-order valence-electron chi connectivity index (χ1n) is 9.65. The molecule has 0 unspecified atom stereocenters. The highest BCUT2D eigenvalue weighted by molar-refractivity contribution is 7.89. The summed E-state index contributed by atoms with van der Waals surface area (Å²) in [6.45, 7) is 3.15. The number of hydrogen-bond donors (Lipinski definition) is 1. The van der Waals surface area contributed by atoms with E-state index in [0.29, 0.717) is 5.69 Å². The molecule has 0 radical (unpaired) electrons. The maximum Gasteiger partial charge on any atom is 0.340 e. The highest BCUT2D eigenvalue weighted by Crippen LogP contribution is 2.31. The van der Waals surface area contributed by atoms with Gasteiger partial charge in [-0.2, -0.15) is 0 Å². The SMILES string of the molecule is CC(C)N(C(=O)COC(=O)c1cc(S(=O)(=O)NC2CC2)c(Cl)cc1Cl)c1ccccc1. The Labute approximate surface area is 191 Å². The molecule has 1 amide bonds. The Morgan fingerprint density at radius 1 is 1.13 bits per heavy atom. The fraction of sp³-hybridized carbons (Fsp3) is 0.333. The zero-order chi connectivity index (χ0) is 22.8. The molecule has 1 fully saturated rings. The minimum atomic E-state index is -3.92. The summed E-state index contributed by atoms with van der Waals surface area (Å²) in [4.78, 5) is 26.5. The molecule has 10 heteroatoms. The second-order valence-corrected chi connectivity index (χ2v) is 9.92. The lowest BCUT2D eigenvalue weighted by molar-refractivity contribution is -0.122. The van der Waals surface area contributed by atoms with Gasteiger partial charge in [0.1, 0.15) is 4.90 Å². The predicted molar refractivity (Wildman–Crippen MR) is 119 cm³/mol. The number of benzene rings is 2. The Bertz CT molecular complexity index is 1090. The van der Waals surface area contributed by atoms with Gasteiger partial charge in [0, 0.05) is 17.8 Å². The predicted octanol–water partition coefficient (Wildman–Crippen LogP) is 4.03. The molecule has 2 aromatic carbocycles. The first-order chi connectivity index (χ1) is 14.6. The van der Waals surface area contributed by atoms with E-state index in [-0.39, 0.29) is 32.6 Å². The largest absolute Gasteiger partial charge is 0.452 e. The monoisotopic (exact) mass is 484 g/mol. The number of ether oxygens (including phenoxy) is 1. The number of anilines is 1. The maximum absolute atomic E-state index is 12.7. The third-order valence-electron chi connectivity index (χ3n) is 4.58. The Balaban J connectivity index is 1.77. The van der Waals surface area contributed by atoms with Crippen LogP contribution in [0.4, 0.5) is 5.69 Å². The number of amides is 1. The van der Waals surface area contributed by atoms with Crippen LogP contribution in [0, 0.1) is 0 Å². The van der Waals surface area contributed by atoms with Gasteiger partial charge in [-0.3, -0.25) is 4.79 Å². The van der Waals surface area contributed by atoms with Crippen molar-refractivity contribution in [2.24, 2.45) is 0 Å². The number of nitrogens with zero attached hydrogens (tertiary/aromatic N) is 1. The summed E-state index contributed by atoms with van der Waals surface area (Å²) >= 11 is 12.1. The molecule has 0 saturated heterocycles. The molecule has 1 saturated carbocycles. The van der Waals surface area contributed by atoms with Crippen LogP contribution in [0.1, 0.15) is 37.0 Å². The molecule has 0 aliphatic heterocycles. The third-order valence-corrected chi connectivity index (χ3v) is 6.87. The average molecular weight is 485 g/mol. The first-order valence-corrected chi connectivity index (χ1v) is 11.9. The fourth-order valence-electron chi connectivity index (χ4n) is 2.97. The summed E-state index contributed by atoms with van der Waals surface area (Å²) in [6, 6.07) is 10.9. The minimum absolute atomic E-state index is 0.0726. The van der Waals surface area contributed by atoms with Crippen LogP contribution in [0.3, 0.4) is 0 Å². The number of esters is 1. The highest BCUT2D eigenvalue weighted by atomic mass is 35.5. The molecular formula is C21H22Cl2N2O5S. The number of nitrogens with one attached hydrogen (secondary N) is 1. The highest BCUT2D eigenvalue weighted by Gasteiger charge is 2.31. The molecule has 1 N–H and O–H groups in total. The van der Waals surface area contributed by atoms with E-state index in [4.69, 9.17) is 27.9 Å². The van der Waals surface area contributed by atoms with E-state index < -0.39 is 28.5 Å². The van der Waals surface area contributed by atoms with E-state index >= 15 is 0 Å². The van der Waals surface area contributed by atoms with E-state index in [9.17, 15) is 18.0 Å². The Morgan fingerprint density at radius 2 is 1.77 bits per heavy atom. The van der Waals surface area contributed by atoms with Crippen LogP contribution in [-0.4, -0.2) is 39.0 Å². The Hall–Kier alpha value is -2.13. The molecular weight excluding hydrogens is 463 g/mol. The summed E-state index contributed by atoms with van der Waals surface area (Å²) in [7, 11) is -3.92. The van der Waals surface area contributed by atoms with Crippen LogP contribution in [-0.2, 0) is 19.6 Å². The van der Waals surface area contributed by atoms with Crippen molar-refractivity contribution >= 4 is 50.8 Å². The van der Waals surface area contributed by atoms with Crippen LogP contribution in [0.25, 0.3) is 0 Å². The summed E-state index contributed by atoms with van der Waals surface area (Å²) in [5.74, 6) is -1.35. The first kappa shape index (κ1) is 23.5. The summed E-state index contributed by atoms with van der Waals surface area (Å²) in [6.07, 6.45) is 1.49. The summed E-state index contributed by atoms with van der Waals surface area (Å²) < 4.78 is 32.7. The van der Waals surface area contributed by atoms with Crippen molar-refractivity contribution in [1.82, 2.24) is 4.72 Å². The number of hydrogen-bond acceptors (Lipinski definition) is 5.